The number of nitrogens with one attached hydrogen (secondary N) is 1. The lowest BCUT2D eigenvalue weighted by molar-refractivity contribution is 0.613. The Labute approximate surface area is 76.3 Å². The van der Waals surface area contributed by atoms with Gasteiger partial charge < -0.3 is 5.32 Å². The molecule has 0 spiro atoms. The first kappa shape index (κ1) is 7.95. The summed E-state index contributed by atoms with van der Waals surface area (Å²) < 4.78 is 0. The number of nitrogens with zero attached hydrogens (tertiary/aromatic N) is 1. The van der Waals surface area contributed by atoms with Gasteiger partial charge in [-0.2, -0.15) is 0 Å². The summed E-state index contributed by atoms with van der Waals surface area (Å²) >= 11 is 1.70. The monoisotopic (exact) mass is 180 g/mol. The van der Waals surface area contributed by atoms with Crippen LogP contribution in [0.2, 0.25) is 0 Å². The molecule has 1 saturated heterocycles. The molecule has 1 aromatic heterocycles. The SMILES string of the molecule is C(=C1\CCCNC1)/c1cncs1. The summed E-state index contributed by atoms with van der Waals surface area (Å²) in [6.45, 7) is 2.22. The van der Waals surface area contributed by atoms with E-state index in [2.05, 4.69) is 16.4 Å². The molecule has 0 bridgehead atoms. The quantitative estimate of drug-likeness (QED) is 0.714. The van der Waals surface area contributed by atoms with Gasteiger partial charge in [-0.25, -0.2) is 0 Å². The summed E-state index contributed by atoms with van der Waals surface area (Å²) in [5, 5.41) is 3.36. The van der Waals surface area contributed by atoms with Gasteiger partial charge in [-0.1, -0.05) is 5.57 Å². The van der Waals surface area contributed by atoms with Crippen molar-refractivity contribution < 1.29 is 0 Å². The molecule has 1 aliphatic rings. The summed E-state index contributed by atoms with van der Waals surface area (Å²) in [5.74, 6) is 0. The van der Waals surface area contributed by atoms with Gasteiger partial charge in [0.2, 0.25) is 0 Å². The van der Waals surface area contributed by atoms with Crippen LogP contribution in [0.3, 0.4) is 0 Å². The zero-order chi connectivity index (χ0) is 8.23. The molecule has 0 aliphatic carbocycles. The van der Waals surface area contributed by atoms with Crippen LogP contribution >= 0.6 is 11.3 Å². The van der Waals surface area contributed by atoms with Crippen molar-refractivity contribution in [2.45, 2.75) is 12.8 Å². The van der Waals surface area contributed by atoms with Crippen molar-refractivity contribution in [3.8, 4) is 0 Å². The summed E-state index contributed by atoms with van der Waals surface area (Å²) in [5.41, 5.74) is 3.38. The molecule has 2 nitrogen and oxygen atoms in total. The lowest BCUT2D eigenvalue weighted by Crippen LogP contribution is -2.23. The van der Waals surface area contributed by atoms with Crippen LogP contribution in [0.4, 0.5) is 0 Å². The Balaban J connectivity index is 2.07. The predicted octanol–water partition coefficient (Wildman–Crippen LogP) is 1.91. The highest BCUT2D eigenvalue weighted by atomic mass is 32.1. The fourth-order valence-electron chi connectivity index (χ4n) is 1.40. The summed E-state index contributed by atoms with van der Waals surface area (Å²) in [6, 6.07) is 0. The van der Waals surface area contributed by atoms with Crippen LogP contribution in [0.25, 0.3) is 6.08 Å². The molecule has 1 aliphatic heterocycles. The lowest BCUT2D eigenvalue weighted by Gasteiger charge is -2.14. The van der Waals surface area contributed by atoms with Gasteiger partial charge in [0.05, 0.1) is 5.51 Å². The topological polar surface area (TPSA) is 24.9 Å². The Hall–Kier alpha value is -0.670. The van der Waals surface area contributed by atoms with Crippen molar-refractivity contribution in [2.24, 2.45) is 0 Å². The van der Waals surface area contributed by atoms with Crippen molar-refractivity contribution in [3.05, 3.63) is 22.2 Å². The molecule has 0 aromatic carbocycles. The van der Waals surface area contributed by atoms with E-state index < -0.39 is 0 Å². The normalized spacial score (nSPS) is 21.5. The second-order valence-corrected chi connectivity index (χ2v) is 3.90. The first-order valence-corrected chi connectivity index (χ1v) is 5.12. The number of hydrogen-bond acceptors (Lipinski definition) is 3. The van der Waals surface area contributed by atoms with E-state index in [1.165, 1.54) is 29.8 Å². The smallest absolute Gasteiger partial charge is 0.0797 e. The third-order valence-corrected chi connectivity index (χ3v) is 2.72. The summed E-state index contributed by atoms with van der Waals surface area (Å²) in [7, 11) is 0. The first-order valence-electron chi connectivity index (χ1n) is 4.24. The number of thiazole rings is 1. The minimum absolute atomic E-state index is 1.05. The van der Waals surface area contributed by atoms with Gasteiger partial charge in [0.1, 0.15) is 0 Å². The van der Waals surface area contributed by atoms with Crippen LogP contribution in [-0.2, 0) is 0 Å². The van der Waals surface area contributed by atoms with Crippen molar-refractivity contribution in [1.29, 1.82) is 0 Å². The molecule has 12 heavy (non-hydrogen) atoms. The third kappa shape index (κ3) is 1.93. The van der Waals surface area contributed by atoms with Gasteiger partial charge in [0, 0.05) is 17.6 Å². The molecule has 1 aromatic rings. The van der Waals surface area contributed by atoms with Gasteiger partial charge in [-0.3, -0.25) is 4.98 Å². The second-order valence-electron chi connectivity index (χ2n) is 2.99. The van der Waals surface area contributed by atoms with E-state index in [0.29, 0.717) is 0 Å². The molecule has 1 fully saturated rings. The average molecular weight is 180 g/mol. The minimum atomic E-state index is 1.05. The van der Waals surface area contributed by atoms with Gasteiger partial charge in [-0.05, 0) is 25.5 Å². The molecule has 64 valence electrons. The molecule has 0 unspecified atom stereocenters. The van der Waals surface area contributed by atoms with E-state index in [1.54, 1.807) is 11.3 Å². The highest BCUT2D eigenvalue weighted by molar-refractivity contribution is 7.10. The molecule has 1 N–H and O–H groups in total. The molecular formula is C9H12N2S. The Morgan fingerprint density at radius 1 is 1.58 bits per heavy atom. The Morgan fingerprint density at radius 2 is 2.58 bits per heavy atom. The molecule has 0 amide bonds. The molecule has 2 rings (SSSR count). The third-order valence-electron chi connectivity index (χ3n) is 2.00. The minimum Gasteiger partial charge on any atom is -0.313 e. The van der Waals surface area contributed by atoms with Gasteiger partial charge in [0.25, 0.3) is 0 Å². The van der Waals surface area contributed by atoms with Gasteiger partial charge >= 0.3 is 0 Å². The summed E-state index contributed by atoms with van der Waals surface area (Å²) in [6.07, 6.45) is 6.69. The average Bonchev–Trinajstić information content (AvgIpc) is 2.59. The Kier molecular flexibility index (Phi) is 2.54. The lowest BCUT2D eigenvalue weighted by atomic mass is 10.1. The zero-order valence-electron chi connectivity index (χ0n) is 6.92. The van der Waals surface area contributed by atoms with Crippen LogP contribution in [0.15, 0.2) is 17.3 Å². The predicted molar refractivity (Wildman–Crippen MR) is 52.2 cm³/mol. The maximum Gasteiger partial charge on any atom is 0.0797 e. The molecular weight excluding hydrogens is 168 g/mol. The van der Waals surface area contributed by atoms with Crippen LogP contribution in [0.1, 0.15) is 17.7 Å². The number of aromatic nitrogens is 1. The van der Waals surface area contributed by atoms with E-state index in [9.17, 15) is 0 Å². The van der Waals surface area contributed by atoms with Crippen molar-refractivity contribution >= 4 is 17.4 Å². The standard InChI is InChI=1S/C9H12N2S/c1-2-8(5-10-3-1)4-9-6-11-7-12-9/h4,6-7,10H,1-3,5H2/b8-4-. The molecule has 0 atom stereocenters. The van der Waals surface area contributed by atoms with Crippen LogP contribution in [-0.4, -0.2) is 18.1 Å². The zero-order valence-corrected chi connectivity index (χ0v) is 7.73. The van der Waals surface area contributed by atoms with Crippen molar-refractivity contribution in [2.75, 3.05) is 13.1 Å². The summed E-state index contributed by atoms with van der Waals surface area (Å²) in [4.78, 5) is 5.31. The van der Waals surface area contributed by atoms with E-state index in [4.69, 9.17) is 0 Å². The van der Waals surface area contributed by atoms with Crippen LogP contribution in [0, 0.1) is 0 Å². The Bertz CT molecular complexity index is 256. The molecule has 3 heteroatoms. The molecule has 0 saturated carbocycles. The van der Waals surface area contributed by atoms with E-state index in [1.807, 2.05) is 11.7 Å². The number of rotatable bonds is 1. The first-order chi connectivity index (χ1) is 5.95. The van der Waals surface area contributed by atoms with E-state index in [-0.39, 0.29) is 0 Å². The number of hydrogen-bond donors (Lipinski definition) is 1. The van der Waals surface area contributed by atoms with Gasteiger partial charge in [-0.15, -0.1) is 11.3 Å². The van der Waals surface area contributed by atoms with Crippen molar-refractivity contribution in [3.63, 3.8) is 0 Å². The van der Waals surface area contributed by atoms with Crippen LogP contribution in [0.5, 0.6) is 0 Å². The molecule has 2 heterocycles. The number of piperidine rings is 1. The van der Waals surface area contributed by atoms with E-state index >= 15 is 0 Å². The fourth-order valence-corrected chi connectivity index (χ4v) is 2.00. The highest BCUT2D eigenvalue weighted by Gasteiger charge is 2.03. The maximum absolute atomic E-state index is 4.04. The van der Waals surface area contributed by atoms with Crippen LogP contribution < -0.4 is 5.32 Å². The van der Waals surface area contributed by atoms with E-state index in [0.717, 1.165) is 6.54 Å². The fraction of sp³-hybridized carbons (Fsp3) is 0.444. The Morgan fingerprint density at radius 3 is 3.25 bits per heavy atom. The molecule has 0 radical (unpaired) electrons. The highest BCUT2D eigenvalue weighted by Crippen LogP contribution is 2.15. The second kappa shape index (κ2) is 3.83. The largest absolute Gasteiger partial charge is 0.313 e. The van der Waals surface area contributed by atoms with Gasteiger partial charge in [0.15, 0.2) is 0 Å². The van der Waals surface area contributed by atoms with Crippen molar-refractivity contribution in [1.82, 2.24) is 10.3 Å². The maximum atomic E-state index is 4.04.